The van der Waals surface area contributed by atoms with E-state index in [1.807, 2.05) is 17.5 Å². The van der Waals surface area contributed by atoms with Crippen molar-refractivity contribution in [2.75, 3.05) is 23.7 Å². The SMILES string of the molecule is O=C(CCN1C(=O)CNC1=O)Nc1ccc(NC(=O)c2cnc(-c3cccs3)s2)cc1. The number of benzene rings is 1. The van der Waals surface area contributed by atoms with E-state index in [9.17, 15) is 19.2 Å². The Kier molecular flexibility index (Phi) is 6.05. The molecule has 2 aromatic heterocycles. The number of anilines is 2. The van der Waals surface area contributed by atoms with E-state index < -0.39 is 6.03 Å². The lowest BCUT2D eigenvalue weighted by Crippen LogP contribution is -2.33. The van der Waals surface area contributed by atoms with Crippen molar-refractivity contribution < 1.29 is 19.2 Å². The second kappa shape index (κ2) is 9.06. The van der Waals surface area contributed by atoms with Crippen LogP contribution in [0.4, 0.5) is 16.2 Å². The predicted molar refractivity (Wildman–Crippen MR) is 118 cm³/mol. The molecule has 1 saturated heterocycles. The van der Waals surface area contributed by atoms with Crippen molar-refractivity contribution in [2.24, 2.45) is 0 Å². The summed E-state index contributed by atoms with van der Waals surface area (Å²) in [5.41, 5.74) is 1.12. The highest BCUT2D eigenvalue weighted by atomic mass is 32.1. The maximum atomic E-state index is 12.5. The Morgan fingerprint density at radius 3 is 2.48 bits per heavy atom. The maximum absolute atomic E-state index is 12.5. The fourth-order valence-electron chi connectivity index (χ4n) is 2.84. The van der Waals surface area contributed by atoms with Gasteiger partial charge in [0, 0.05) is 24.3 Å². The van der Waals surface area contributed by atoms with Crippen LogP contribution in [0, 0.1) is 0 Å². The average Bonchev–Trinajstić information content (AvgIpc) is 3.50. The first-order chi connectivity index (χ1) is 15.0. The summed E-state index contributed by atoms with van der Waals surface area (Å²) in [4.78, 5) is 54.3. The highest BCUT2D eigenvalue weighted by Gasteiger charge is 2.28. The number of carbonyl (C=O) groups excluding carboxylic acids is 4. The number of urea groups is 1. The summed E-state index contributed by atoms with van der Waals surface area (Å²) in [5.74, 6) is -0.929. The van der Waals surface area contributed by atoms with Gasteiger partial charge in [0.2, 0.25) is 11.8 Å². The van der Waals surface area contributed by atoms with E-state index in [1.165, 1.54) is 11.3 Å². The van der Waals surface area contributed by atoms with Crippen LogP contribution in [0.25, 0.3) is 9.88 Å². The van der Waals surface area contributed by atoms with Crippen LogP contribution in [0.3, 0.4) is 0 Å². The zero-order chi connectivity index (χ0) is 21.8. The molecule has 3 heterocycles. The molecule has 11 heteroatoms. The van der Waals surface area contributed by atoms with Crippen molar-refractivity contribution in [3.63, 3.8) is 0 Å². The molecule has 3 aromatic rings. The molecule has 0 radical (unpaired) electrons. The standard InChI is InChI=1S/C20H17N5O4S2/c26-16(7-8-25-17(27)11-22-20(25)29)23-12-3-5-13(6-4-12)24-18(28)15-10-21-19(31-15)14-2-1-9-30-14/h1-6,9-10H,7-8,11H2,(H,22,29)(H,23,26)(H,24,28). The monoisotopic (exact) mass is 455 g/mol. The average molecular weight is 456 g/mol. The maximum Gasteiger partial charge on any atom is 0.324 e. The molecule has 1 aliphatic rings. The molecular formula is C20H17N5O4S2. The molecule has 1 aromatic carbocycles. The second-order valence-corrected chi connectivity index (χ2v) is 8.52. The van der Waals surface area contributed by atoms with Crippen LogP contribution < -0.4 is 16.0 Å². The molecule has 4 rings (SSSR count). The zero-order valence-electron chi connectivity index (χ0n) is 16.1. The van der Waals surface area contributed by atoms with Crippen molar-refractivity contribution in [3.05, 3.63) is 52.9 Å². The van der Waals surface area contributed by atoms with Crippen LogP contribution in [0.15, 0.2) is 48.0 Å². The minimum atomic E-state index is -0.485. The Labute approximate surface area is 185 Å². The lowest BCUT2D eigenvalue weighted by atomic mass is 10.2. The second-order valence-electron chi connectivity index (χ2n) is 6.54. The van der Waals surface area contributed by atoms with Crippen LogP contribution in [0.1, 0.15) is 16.1 Å². The number of nitrogens with zero attached hydrogens (tertiary/aromatic N) is 2. The van der Waals surface area contributed by atoms with E-state index in [2.05, 4.69) is 20.9 Å². The molecule has 0 saturated carbocycles. The van der Waals surface area contributed by atoms with Crippen molar-refractivity contribution in [2.45, 2.75) is 6.42 Å². The fraction of sp³-hybridized carbons (Fsp3) is 0.150. The van der Waals surface area contributed by atoms with Gasteiger partial charge in [-0.2, -0.15) is 0 Å². The first-order valence-corrected chi connectivity index (χ1v) is 11.0. The van der Waals surface area contributed by atoms with Gasteiger partial charge in [0.25, 0.3) is 5.91 Å². The number of thiophene rings is 1. The van der Waals surface area contributed by atoms with Crippen molar-refractivity contribution in [1.82, 2.24) is 15.2 Å². The largest absolute Gasteiger partial charge is 0.329 e. The molecule has 5 amide bonds. The number of nitrogens with one attached hydrogen (secondary N) is 3. The van der Waals surface area contributed by atoms with E-state index in [4.69, 9.17) is 0 Å². The molecule has 0 unspecified atom stereocenters. The molecule has 158 valence electrons. The number of amides is 5. The van der Waals surface area contributed by atoms with Gasteiger partial charge in [-0.15, -0.1) is 22.7 Å². The number of hydrogen-bond acceptors (Lipinski definition) is 7. The Morgan fingerprint density at radius 2 is 1.84 bits per heavy atom. The van der Waals surface area contributed by atoms with Gasteiger partial charge in [0.15, 0.2) is 0 Å². The molecule has 31 heavy (non-hydrogen) atoms. The zero-order valence-corrected chi connectivity index (χ0v) is 17.7. The van der Waals surface area contributed by atoms with E-state index in [0.717, 1.165) is 14.8 Å². The Balaban J connectivity index is 1.29. The summed E-state index contributed by atoms with van der Waals surface area (Å²) in [6.07, 6.45) is 1.55. The van der Waals surface area contributed by atoms with Gasteiger partial charge in [-0.1, -0.05) is 6.07 Å². The molecule has 9 nitrogen and oxygen atoms in total. The first-order valence-electron chi connectivity index (χ1n) is 9.29. The molecule has 0 bridgehead atoms. The van der Waals surface area contributed by atoms with Gasteiger partial charge in [0.1, 0.15) is 9.88 Å². The molecule has 0 aliphatic carbocycles. The smallest absolute Gasteiger partial charge is 0.324 e. The van der Waals surface area contributed by atoms with Gasteiger partial charge < -0.3 is 16.0 Å². The van der Waals surface area contributed by atoms with Gasteiger partial charge >= 0.3 is 6.03 Å². The van der Waals surface area contributed by atoms with E-state index in [-0.39, 0.29) is 37.2 Å². The normalized spacial score (nSPS) is 13.2. The van der Waals surface area contributed by atoms with Crippen molar-refractivity contribution in [3.8, 4) is 9.88 Å². The topological polar surface area (TPSA) is 121 Å². The highest BCUT2D eigenvalue weighted by Crippen LogP contribution is 2.29. The number of rotatable bonds is 7. The van der Waals surface area contributed by atoms with Crippen LogP contribution in [0.5, 0.6) is 0 Å². The van der Waals surface area contributed by atoms with Crippen LogP contribution in [0.2, 0.25) is 0 Å². The predicted octanol–water partition coefficient (Wildman–Crippen LogP) is 3.00. The Morgan fingerprint density at radius 1 is 1.10 bits per heavy atom. The van der Waals surface area contributed by atoms with Gasteiger partial charge in [-0.25, -0.2) is 9.78 Å². The quantitative estimate of drug-likeness (QED) is 0.473. The van der Waals surface area contributed by atoms with Crippen molar-refractivity contribution >= 4 is 57.8 Å². The Bertz CT molecular complexity index is 1110. The van der Waals surface area contributed by atoms with Crippen molar-refractivity contribution in [1.29, 1.82) is 0 Å². The first kappa shape index (κ1) is 20.7. The summed E-state index contributed by atoms with van der Waals surface area (Å²) in [7, 11) is 0. The summed E-state index contributed by atoms with van der Waals surface area (Å²) in [5, 5.41) is 10.7. The van der Waals surface area contributed by atoms with Crippen LogP contribution >= 0.6 is 22.7 Å². The molecule has 1 aliphatic heterocycles. The molecule has 3 N–H and O–H groups in total. The Hall–Kier alpha value is -3.57. The van der Waals surface area contributed by atoms with Gasteiger partial charge in [0.05, 0.1) is 17.6 Å². The third kappa shape index (κ3) is 4.95. The minimum Gasteiger partial charge on any atom is -0.329 e. The van der Waals surface area contributed by atoms with E-state index in [0.29, 0.717) is 16.3 Å². The van der Waals surface area contributed by atoms with Crippen LogP contribution in [-0.4, -0.2) is 46.7 Å². The molecule has 0 spiro atoms. The molecular weight excluding hydrogens is 438 g/mol. The lowest BCUT2D eigenvalue weighted by Gasteiger charge is -2.12. The number of imide groups is 1. The fourth-order valence-corrected chi connectivity index (χ4v) is 4.46. The third-order valence-electron chi connectivity index (χ3n) is 4.39. The highest BCUT2D eigenvalue weighted by molar-refractivity contribution is 7.22. The third-order valence-corrected chi connectivity index (χ3v) is 6.42. The summed E-state index contributed by atoms with van der Waals surface area (Å²) >= 11 is 2.88. The summed E-state index contributed by atoms with van der Waals surface area (Å²) in [6.45, 7) is -0.0164. The molecule has 1 fully saturated rings. The number of carbonyl (C=O) groups is 4. The van der Waals surface area contributed by atoms with Gasteiger partial charge in [-0.05, 0) is 35.7 Å². The van der Waals surface area contributed by atoms with Gasteiger partial charge in [-0.3, -0.25) is 19.3 Å². The minimum absolute atomic E-state index is 0.00437. The molecule has 0 atom stereocenters. The van der Waals surface area contributed by atoms with E-state index in [1.54, 1.807) is 41.8 Å². The number of hydrogen-bond donors (Lipinski definition) is 3. The van der Waals surface area contributed by atoms with E-state index >= 15 is 0 Å². The summed E-state index contributed by atoms with van der Waals surface area (Å²) < 4.78 is 0. The number of aromatic nitrogens is 1. The van der Waals surface area contributed by atoms with Crippen LogP contribution in [-0.2, 0) is 9.59 Å². The number of thiazole rings is 1. The lowest BCUT2D eigenvalue weighted by molar-refractivity contribution is -0.125. The summed E-state index contributed by atoms with van der Waals surface area (Å²) in [6, 6.07) is 10.1.